The number of carbonyl (C=O) groups excluding carboxylic acids is 2. The lowest BCUT2D eigenvalue weighted by Gasteiger charge is -2.09. The molecule has 0 radical (unpaired) electrons. The molecule has 9 heteroatoms. The van der Waals surface area contributed by atoms with Crippen LogP contribution in [0.3, 0.4) is 0 Å². The number of methoxy groups -OCH3 is 1. The van der Waals surface area contributed by atoms with Gasteiger partial charge in [-0.1, -0.05) is 29.8 Å². The van der Waals surface area contributed by atoms with Crippen molar-refractivity contribution in [3.8, 4) is 11.5 Å². The molecule has 3 aromatic carbocycles. The fraction of sp³-hybridized carbons (Fsp3) is 0.0800. The molecule has 1 aromatic heterocycles. The number of amides is 2. The zero-order valence-electron chi connectivity index (χ0n) is 18.0. The Kier molecular flexibility index (Phi) is 7.10. The van der Waals surface area contributed by atoms with Gasteiger partial charge in [-0.05, 0) is 52.7 Å². The lowest BCUT2D eigenvalue weighted by atomic mass is 10.1. The maximum atomic E-state index is 12.6. The van der Waals surface area contributed by atoms with Gasteiger partial charge in [-0.3, -0.25) is 9.59 Å². The van der Waals surface area contributed by atoms with Gasteiger partial charge < -0.3 is 15.2 Å². The van der Waals surface area contributed by atoms with Gasteiger partial charge in [0, 0.05) is 27.6 Å². The summed E-state index contributed by atoms with van der Waals surface area (Å²) in [4.78, 5) is 24.8. The van der Waals surface area contributed by atoms with Gasteiger partial charge in [-0.2, -0.15) is 5.10 Å². The van der Waals surface area contributed by atoms with Crippen LogP contribution < -0.4 is 15.5 Å². The number of carbonyl (C=O) groups is 2. The molecular weight excluding hydrogens is 474 g/mol. The van der Waals surface area contributed by atoms with Crippen LogP contribution in [0.1, 0.15) is 21.5 Å². The van der Waals surface area contributed by atoms with Crippen molar-refractivity contribution in [1.82, 2.24) is 5.43 Å². The van der Waals surface area contributed by atoms with Gasteiger partial charge in [-0.25, -0.2) is 5.43 Å². The van der Waals surface area contributed by atoms with Gasteiger partial charge in [0.2, 0.25) is 5.91 Å². The van der Waals surface area contributed by atoms with Crippen LogP contribution in [0.15, 0.2) is 71.1 Å². The summed E-state index contributed by atoms with van der Waals surface area (Å²) in [5.74, 6) is -0.249. The number of benzene rings is 3. The molecule has 0 aliphatic heterocycles. The monoisotopic (exact) mass is 493 g/mol. The highest BCUT2D eigenvalue weighted by Gasteiger charge is 2.11. The summed E-state index contributed by atoms with van der Waals surface area (Å²) in [6.07, 6.45) is 1.70. The number of phenols is 1. The molecule has 0 bridgehead atoms. The van der Waals surface area contributed by atoms with Crippen LogP contribution in [0.5, 0.6) is 11.5 Å². The van der Waals surface area contributed by atoms with E-state index in [0.29, 0.717) is 17.0 Å². The quantitative estimate of drug-likeness (QED) is 0.243. The summed E-state index contributed by atoms with van der Waals surface area (Å²) in [6, 6.07) is 17.2. The van der Waals surface area contributed by atoms with Gasteiger partial charge in [-0.15, -0.1) is 11.3 Å². The fourth-order valence-corrected chi connectivity index (χ4v) is 4.46. The van der Waals surface area contributed by atoms with Crippen molar-refractivity contribution in [2.24, 2.45) is 5.10 Å². The minimum absolute atomic E-state index is 0.0723. The van der Waals surface area contributed by atoms with Crippen molar-refractivity contribution >= 4 is 56.7 Å². The van der Waals surface area contributed by atoms with Gasteiger partial charge in [0.25, 0.3) is 5.91 Å². The molecule has 1 heterocycles. The molecule has 4 rings (SSSR count). The van der Waals surface area contributed by atoms with Gasteiger partial charge in [0.15, 0.2) is 0 Å². The number of fused-ring (bicyclic) bond motifs is 1. The Morgan fingerprint density at radius 3 is 2.76 bits per heavy atom. The highest BCUT2D eigenvalue weighted by atomic mass is 35.5. The minimum Gasteiger partial charge on any atom is -0.506 e. The first-order chi connectivity index (χ1) is 16.4. The fourth-order valence-electron chi connectivity index (χ4n) is 3.32. The number of nitrogens with zero attached hydrogens (tertiary/aromatic N) is 1. The van der Waals surface area contributed by atoms with E-state index in [-0.39, 0.29) is 28.7 Å². The SMILES string of the molecule is COc1cc(NC(=O)Cc2csc3ccccc23)ccc1C=NNC(=O)c1ccc(O)c(Cl)c1. The van der Waals surface area contributed by atoms with Crippen molar-refractivity contribution in [1.29, 1.82) is 0 Å². The molecule has 2 amide bonds. The summed E-state index contributed by atoms with van der Waals surface area (Å²) < 4.78 is 6.55. The number of hydrogen-bond acceptors (Lipinski definition) is 6. The van der Waals surface area contributed by atoms with E-state index in [1.807, 2.05) is 29.6 Å². The molecule has 3 N–H and O–H groups in total. The first-order valence-electron chi connectivity index (χ1n) is 10.2. The Balaban J connectivity index is 1.40. The van der Waals surface area contributed by atoms with Crippen molar-refractivity contribution < 1.29 is 19.4 Å². The van der Waals surface area contributed by atoms with E-state index in [9.17, 15) is 14.7 Å². The number of nitrogens with one attached hydrogen (secondary N) is 2. The number of halogens is 1. The van der Waals surface area contributed by atoms with Crippen LogP contribution >= 0.6 is 22.9 Å². The van der Waals surface area contributed by atoms with E-state index in [0.717, 1.165) is 15.6 Å². The second-order valence-corrected chi connectivity index (χ2v) is 8.62. The zero-order chi connectivity index (χ0) is 24.1. The Bertz CT molecular complexity index is 1400. The van der Waals surface area contributed by atoms with Gasteiger partial charge >= 0.3 is 0 Å². The van der Waals surface area contributed by atoms with E-state index in [1.165, 1.54) is 31.5 Å². The lowest BCUT2D eigenvalue weighted by Crippen LogP contribution is -2.17. The first kappa shape index (κ1) is 23.3. The molecule has 0 atom stereocenters. The Morgan fingerprint density at radius 1 is 1.15 bits per heavy atom. The molecule has 0 saturated carbocycles. The molecule has 0 aliphatic carbocycles. The van der Waals surface area contributed by atoms with Gasteiger partial charge in [0.05, 0.1) is 24.8 Å². The third kappa shape index (κ3) is 5.36. The highest BCUT2D eigenvalue weighted by Crippen LogP contribution is 2.27. The van der Waals surface area contributed by atoms with Crippen LogP contribution in [0.2, 0.25) is 5.02 Å². The molecular formula is C25H20ClN3O4S. The molecule has 4 aromatic rings. The van der Waals surface area contributed by atoms with Gasteiger partial charge in [0.1, 0.15) is 11.5 Å². The number of ether oxygens (including phenoxy) is 1. The van der Waals surface area contributed by atoms with Crippen molar-refractivity contribution in [3.63, 3.8) is 0 Å². The number of rotatable bonds is 7. The summed E-state index contributed by atoms with van der Waals surface area (Å²) in [6.45, 7) is 0. The average molecular weight is 494 g/mol. The maximum Gasteiger partial charge on any atom is 0.271 e. The third-order valence-corrected chi connectivity index (χ3v) is 6.32. The van der Waals surface area contributed by atoms with E-state index < -0.39 is 5.91 Å². The zero-order valence-corrected chi connectivity index (χ0v) is 19.6. The number of hydrogen-bond donors (Lipinski definition) is 3. The van der Waals surface area contributed by atoms with Crippen molar-refractivity contribution in [2.75, 3.05) is 12.4 Å². The molecule has 34 heavy (non-hydrogen) atoms. The number of thiophene rings is 1. The Hall–Kier alpha value is -3.88. The number of anilines is 1. The van der Waals surface area contributed by atoms with E-state index in [4.69, 9.17) is 16.3 Å². The molecule has 0 unspecified atom stereocenters. The molecule has 0 fully saturated rings. The second kappa shape index (κ2) is 10.4. The van der Waals surface area contributed by atoms with E-state index in [1.54, 1.807) is 29.5 Å². The van der Waals surface area contributed by atoms with E-state index in [2.05, 4.69) is 15.8 Å². The normalized spacial score (nSPS) is 11.0. The summed E-state index contributed by atoms with van der Waals surface area (Å²) >= 11 is 7.45. The maximum absolute atomic E-state index is 12.6. The smallest absolute Gasteiger partial charge is 0.271 e. The molecule has 0 spiro atoms. The number of hydrazone groups is 1. The predicted octanol–water partition coefficient (Wildman–Crippen LogP) is 5.21. The average Bonchev–Trinajstić information content (AvgIpc) is 3.24. The standard InChI is InChI=1S/C25H20ClN3O4S/c1-33-22-12-18(28-24(31)11-17-14-34-23-5-3-2-4-19(17)23)8-6-16(22)13-27-29-25(32)15-7-9-21(30)20(26)10-15/h2-10,12-14,30H,11H2,1H3,(H,28,31)(H,29,32). The largest absolute Gasteiger partial charge is 0.506 e. The van der Waals surface area contributed by atoms with Crippen LogP contribution in [0.25, 0.3) is 10.1 Å². The summed E-state index contributed by atoms with van der Waals surface area (Å²) in [5, 5.41) is 19.5. The second-order valence-electron chi connectivity index (χ2n) is 7.30. The lowest BCUT2D eigenvalue weighted by molar-refractivity contribution is -0.115. The molecule has 0 saturated heterocycles. The van der Waals surface area contributed by atoms with Crippen molar-refractivity contribution in [2.45, 2.75) is 6.42 Å². The molecule has 0 aliphatic rings. The topological polar surface area (TPSA) is 100 Å². The molecule has 7 nitrogen and oxygen atoms in total. The van der Waals surface area contributed by atoms with Crippen LogP contribution in [-0.2, 0) is 11.2 Å². The van der Waals surface area contributed by atoms with Crippen LogP contribution in [-0.4, -0.2) is 30.2 Å². The minimum atomic E-state index is -0.484. The highest BCUT2D eigenvalue weighted by molar-refractivity contribution is 7.17. The summed E-state index contributed by atoms with van der Waals surface area (Å²) in [5.41, 5.74) is 4.83. The molecule has 172 valence electrons. The first-order valence-corrected chi connectivity index (χ1v) is 11.5. The van der Waals surface area contributed by atoms with Crippen LogP contribution in [0, 0.1) is 0 Å². The Morgan fingerprint density at radius 2 is 1.97 bits per heavy atom. The number of phenolic OH excluding ortho intramolecular Hbond substituents is 1. The van der Waals surface area contributed by atoms with Crippen molar-refractivity contribution in [3.05, 3.63) is 87.8 Å². The third-order valence-electron chi connectivity index (χ3n) is 5.01. The van der Waals surface area contributed by atoms with E-state index >= 15 is 0 Å². The predicted molar refractivity (Wildman–Crippen MR) is 135 cm³/mol. The summed E-state index contributed by atoms with van der Waals surface area (Å²) in [7, 11) is 1.51. The Labute approximate surface area is 204 Å². The number of aromatic hydroxyl groups is 1. The van der Waals surface area contributed by atoms with Crippen LogP contribution in [0.4, 0.5) is 5.69 Å².